The molecule has 1 aliphatic heterocycles. The van der Waals surface area contributed by atoms with Crippen LogP contribution in [0.3, 0.4) is 0 Å². The van der Waals surface area contributed by atoms with Gasteiger partial charge in [0, 0.05) is 27.9 Å². The lowest BCUT2D eigenvalue weighted by Crippen LogP contribution is -2.32. The number of hydrogen-bond acceptors (Lipinski definition) is 7. The Hall–Kier alpha value is -3.72. The number of benzene rings is 2. The summed E-state index contributed by atoms with van der Waals surface area (Å²) in [5.74, 6) is 1.73. The normalized spacial score (nSPS) is 15.1. The van der Waals surface area contributed by atoms with Gasteiger partial charge < -0.3 is 25.3 Å². The maximum Gasteiger partial charge on any atom is 0.248 e. The van der Waals surface area contributed by atoms with Crippen LogP contribution in [0, 0.1) is 0 Å². The van der Waals surface area contributed by atoms with Crippen molar-refractivity contribution in [2.75, 3.05) is 26.6 Å². The van der Waals surface area contributed by atoms with E-state index in [1.165, 1.54) is 21.3 Å². The Bertz CT molecular complexity index is 1240. The van der Waals surface area contributed by atoms with Gasteiger partial charge in [0.1, 0.15) is 11.8 Å². The summed E-state index contributed by atoms with van der Waals surface area (Å²) in [6.45, 7) is 1.76. The third kappa shape index (κ3) is 3.60. The second-order valence-corrected chi connectivity index (χ2v) is 7.53. The SMILES string of the molecule is COc1cc(OC)c([C@H]2C(C(N)=O)=C(C)Nc3nc(-c4cccc(Cl)c4)nn32)cc1OC. The minimum absolute atomic E-state index is 0.325. The Morgan fingerprint density at radius 1 is 1.09 bits per heavy atom. The molecule has 0 saturated carbocycles. The van der Waals surface area contributed by atoms with Gasteiger partial charge in [-0.05, 0) is 25.1 Å². The summed E-state index contributed by atoms with van der Waals surface area (Å²) in [6, 6.07) is 9.94. The first-order valence-corrected chi connectivity index (χ1v) is 10.1. The Morgan fingerprint density at radius 2 is 1.78 bits per heavy atom. The zero-order valence-corrected chi connectivity index (χ0v) is 18.7. The van der Waals surface area contributed by atoms with Gasteiger partial charge in [-0.15, -0.1) is 5.10 Å². The largest absolute Gasteiger partial charge is 0.496 e. The lowest BCUT2D eigenvalue weighted by Gasteiger charge is -2.29. The predicted octanol–water partition coefficient (Wildman–Crippen LogP) is 3.40. The molecule has 1 atom stereocenters. The summed E-state index contributed by atoms with van der Waals surface area (Å²) < 4.78 is 18.1. The first kappa shape index (κ1) is 21.5. The molecule has 0 unspecified atom stereocenters. The third-order valence-electron chi connectivity index (χ3n) is 5.23. The van der Waals surface area contributed by atoms with Gasteiger partial charge in [-0.1, -0.05) is 23.7 Å². The fourth-order valence-corrected chi connectivity index (χ4v) is 3.96. The zero-order valence-electron chi connectivity index (χ0n) is 18.0. The smallest absolute Gasteiger partial charge is 0.248 e. The minimum Gasteiger partial charge on any atom is -0.496 e. The van der Waals surface area contributed by atoms with E-state index < -0.39 is 11.9 Å². The molecule has 0 bridgehead atoms. The first-order valence-electron chi connectivity index (χ1n) is 9.67. The van der Waals surface area contributed by atoms with E-state index in [0.29, 0.717) is 50.9 Å². The molecule has 9 nitrogen and oxygen atoms in total. The van der Waals surface area contributed by atoms with Gasteiger partial charge in [-0.25, -0.2) is 4.68 Å². The quantitative estimate of drug-likeness (QED) is 0.585. The molecule has 1 amide bonds. The lowest BCUT2D eigenvalue weighted by molar-refractivity contribution is -0.115. The summed E-state index contributed by atoms with van der Waals surface area (Å²) in [5.41, 5.74) is 8.03. The fourth-order valence-electron chi connectivity index (χ4n) is 3.77. The number of nitrogens with one attached hydrogen (secondary N) is 1. The molecular weight excluding hydrogens is 434 g/mol. The number of nitrogens with two attached hydrogens (primary N) is 1. The molecule has 166 valence electrons. The van der Waals surface area contributed by atoms with E-state index in [1.54, 1.807) is 35.9 Å². The van der Waals surface area contributed by atoms with E-state index in [4.69, 9.17) is 31.5 Å². The van der Waals surface area contributed by atoms with Gasteiger partial charge in [0.15, 0.2) is 17.3 Å². The lowest BCUT2D eigenvalue weighted by atomic mass is 9.94. The van der Waals surface area contributed by atoms with E-state index in [1.807, 2.05) is 12.1 Å². The van der Waals surface area contributed by atoms with Crippen LogP contribution in [-0.2, 0) is 4.79 Å². The van der Waals surface area contributed by atoms with Crippen LogP contribution in [0.15, 0.2) is 47.7 Å². The third-order valence-corrected chi connectivity index (χ3v) is 5.47. The summed E-state index contributed by atoms with van der Waals surface area (Å²) in [5, 5.41) is 8.36. The van der Waals surface area contributed by atoms with Gasteiger partial charge >= 0.3 is 0 Å². The molecule has 1 aromatic heterocycles. The molecule has 4 rings (SSSR count). The molecule has 0 aliphatic carbocycles. The van der Waals surface area contributed by atoms with E-state index in [9.17, 15) is 4.79 Å². The van der Waals surface area contributed by atoms with Crippen LogP contribution in [-0.4, -0.2) is 42.0 Å². The average molecular weight is 456 g/mol. The number of carbonyl (C=O) groups excluding carboxylic acids is 1. The number of anilines is 1. The van der Waals surface area contributed by atoms with Crippen LogP contribution in [0.1, 0.15) is 18.5 Å². The Morgan fingerprint density at radius 3 is 2.41 bits per heavy atom. The fraction of sp³-hybridized carbons (Fsp3) is 0.227. The number of fused-ring (bicyclic) bond motifs is 1. The van der Waals surface area contributed by atoms with Gasteiger partial charge in [-0.2, -0.15) is 4.98 Å². The molecule has 10 heteroatoms. The van der Waals surface area contributed by atoms with Crippen molar-refractivity contribution in [3.63, 3.8) is 0 Å². The molecule has 0 saturated heterocycles. The number of rotatable bonds is 6. The predicted molar refractivity (Wildman–Crippen MR) is 120 cm³/mol. The molecule has 2 aromatic carbocycles. The van der Waals surface area contributed by atoms with E-state index in [2.05, 4.69) is 15.4 Å². The van der Waals surface area contributed by atoms with Crippen molar-refractivity contribution >= 4 is 23.5 Å². The Labute approximate surface area is 189 Å². The number of aromatic nitrogens is 3. The number of primary amides is 1. The summed E-state index contributed by atoms with van der Waals surface area (Å²) >= 11 is 6.15. The average Bonchev–Trinajstić information content (AvgIpc) is 3.20. The highest BCUT2D eigenvalue weighted by Gasteiger charge is 2.36. The summed E-state index contributed by atoms with van der Waals surface area (Å²) in [6.07, 6.45) is 0. The number of nitrogens with zero attached hydrogens (tertiary/aromatic N) is 3. The highest BCUT2D eigenvalue weighted by Crippen LogP contribution is 2.44. The molecule has 3 N–H and O–H groups in total. The first-order chi connectivity index (χ1) is 15.4. The van der Waals surface area contributed by atoms with Crippen LogP contribution >= 0.6 is 11.6 Å². The molecule has 1 aliphatic rings. The van der Waals surface area contributed by atoms with Crippen LogP contribution in [0.4, 0.5) is 5.95 Å². The highest BCUT2D eigenvalue weighted by molar-refractivity contribution is 6.30. The summed E-state index contributed by atoms with van der Waals surface area (Å²) in [7, 11) is 4.60. The van der Waals surface area contributed by atoms with Crippen molar-refractivity contribution in [3.8, 4) is 28.6 Å². The number of ether oxygens (including phenoxy) is 3. The Balaban J connectivity index is 1.96. The van der Waals surface area contributed by atoms with Crippen LogP contribution in [0.2, 0.25) is 5.02 Å². The molecular formula is C22H22ClN5O4. The van der Waals surface area contributed by atoms with E-state index in [-0.39, 0.29) is 0 Å². The summed E-state index contributed by atoms with van der Waals surface area (Å²) in [4.78, 5) is 17.1. The maximum absolute atomic E-state index is 12.5. The zero-order chi connectivity index (χ0) is 23.0. The molecule has 32 heavy (non-hydrogen) atoms. The van der Waals surface area contributed by atoms with Gasteiger partial charge in [0.25, 0.3) is 0 Å². The van der Waals surface area contributed by atoms with Gasteiger partial charge in [0.05, 0.1) is 26.9 Å². The van der Waals surface area contributed by atoms with Gasteiger partial charge in [0.2, 0.25) is 11.9 Å². The number of hydrogen-bond donors (Lipinski definition) is 2. The van der Waals surface area contributed by atoms with Crippen LogP contribution < -0.4 is 25.3 Å². The van der Waals surface area contributed by atoms with Crippen molar-refractivity contribution in [1.29, 1.82) is 0 Å². The van der Waals surface area contributed by atoms with Crippen LogP contribution in [0.25, 0.3) is 11.4 Å². The number of halogens is 1. The molecule has 3 aromatic rings. The number of allylic oxidation sites excluding steroid dienone is 1. The molecule has 0 spiro atoms. The van der Waals surface area contributed by atoms with Crippen molar-refractivity contribution in [2.24, 2.45) is 5.73 Å². The maximum atomic E-state index is 12.5. The van der Waals surface area contributed by atoms with Gasteiger partial charge in [-0.3, -0.25) is 4.79 Å². The number of methoxy groups -OCH3 is 3. The van der Waals surface area contributed by atoms with Crippen molar-refractivity contribution in [1.82, 2.24) is 14.8 Å². The Kier molecular flexibility index (Phi) is 5.67. The van der Waals surface area contributed by atoms with Crippen molar-refractivity contribution in [3.05, 3.63) is 58.3 Å². The molecule has 2 heterocycles. The second kappa shape index (κ2) is 8.43. The highest BCUT2D eigenvalue weighted by atomic mass is 35.5. The monoisotopic (exact) mass is 455 g/mol. The second-order valence-electron chi connectivity index (χ2n) is 7.09. The standard InChI is InChI=1S/C22H22ClN5O4/c1-11-18(20(24)29)19(14-9-16(31-3)17(32-4)10-15(14)30-2)28-22(25-11)26-21(27-28)12-6-5-7-13(23)8-12/h5-10,19H,1-4H3,(H2,24,29)(H,25,26,27)/t19-/m0/s1. The number of carbonyl (C=O) groups is 1. The number of amides is 1. The topological polar surface area (TPSA) is 114 Å². The van der Waals surface area contributed by atoms with Crippen molar-refractivity contribution < 1.29 is 19.0 Å². The molecule has 0 fully saturated rings. The van der Waals surface area contributed by atoms with E-state index >= 15 is 0 Å². The van der Waals surface area contributed by atoms with E-state index in [0.717, 1.165) is 5.56 Å². The molecule has 0 radical (unpaired) electrons. The minimum atomic E-state index is -0.709. The van der Waals surface area contributed by atoms with Crippen molar-refractivity contribution in [2.45, 2.75) is 13.0 Å². The van der Waals surface area contributed by atoms with Crippen LogP contribution in [0.5, 0.6) is 17.2 Å².